The van der Waals surface area contributed by atoms with E-state index in [4.69, 9.17) is 9.15 Å². The average molecular weight is 347 g/mol. The average Bonchev–Trinajstić information content (AvgIpc) is 3.12. The molecule has 1 heterocycles. The summed E-state index contributed by atoms with van der Waals surface area (Å²) in [4.78, 5) is 12.3. The molecule has 0 amide bonds. The van der Waals surface area contributed by atoms with E-state index in [1.54, 1.807) is 31.2 Å². The van der Waals surface area contributed by atoms with Gasteiger partial charge in [0.2, 0.25) is 11.8 Å². The Morgan fingerprint density at radius 2 is 2.00 bits per heavy atom. The summed E-state index contributed by atoms with van der Waals surface area (Å²) < 4.78 is 10.7. The Labute approximate surface area is 151 Å². The van der Waals surface area contributed by atoms with E-state index in [9.17, 15) is 10.1 Å². The lowest BCUT2D eigenvalue weighted by molar-refractivity contribution is 0.0468. The van der Waals surface area contributed by atoms with Crippen LogP contribution in [0.2, 0.25) is 0 Å². The highest BCUT2D eigenvalue weighted by Gasteiger charge is 2.15. The highest BCUT2D eigenvalue weighted by molar-refractivity contribution is 5.90. The summed E-state index contributed by atoms with van der Waals surface area (Å²) >= 11 is 0. The highest BCUT2D eigenvalue weighted by Crippen LogP contribution is 2.19. The third kappa shape index (κ3) is 4.33. The van der Waals surface area contributed by atoms with Crippen molar-refractivity contribution in [2.24, 2.45) is 5.92 Å². The quantitative estimate of drug-likeness (QED) is 0.633. The van der Waals surface area contributed by atoms with Crippen LogP contribution in [0.4, 0.5) is 0 Å². The molecule has 2 aromatic carbocycles. The van der Waals surface area contributed by atoms with E-state index >= 15 is 0 Å². The summed E-state index contributed by atoms with van der Waals surface area (Å²) in [5.74, 6) is -0.0959. The predicted molar refractivity (Wildman–Crippen MR) is 94.0 cm³/mol. The number of rotatable bonds is 6. The van der Waals surface area contributed by atoms with Crippen molar-refractivity contribution >= 4 is 5.97 Å². The van der Waals surface area contributed by atoms with Gasteiger partial charge in [-0.25, -0.2) is 4.79 Å². The van der Waals surface area contributed by atoms with Crippen molar-refractivity contribution in [2.45, 2.75) is 13.3 Å². The minimum absolute atomic E-state index is 0.0358. The minimum atomic E-state index is -0.489. The van der Waals surface area contributed by atoms with Crippen LogP contribution in [0.25, 0.3) is 11.5 Å². The van der Waals surface area contributed by atoms with Crippen molar-refractivity contribution in [3.63, 3.8) is 0 Å². The lowest BCUT2D eigenvalue weighted by Gasteiger charge is -2.10. The largest absolute Gasteiger partial charge is 0.461 e. The van der Waals surface area contributed by atoms with Crippen LogP contribution in [0.1, 0.15) is 21.8 Å². The zero-order chi connectivity index (χ0) is 18.4. The molecule has 0 bridgehead atoms. The third-order valence-electron chi connectivity index (χ3n) is 3.79. The smallest absolute Gasteiger partial charge is 0.338 e. The van der Waals surface area contributed by atoms with Crippen LogP contribution in [0.5, 0.6) is 0 Å². The van der Waals surface area contributed by atoms with E-state index in [2.05, 4.69) is 16.3 Å². The van der Waals surface area contributed by atoms with Gasteiger partial charge in [-0.2, -0.15) is 5.26 Å². The zero-order valence-electron chi connectivity index (χ0n) is 14.3. The number of ether oxygens (including phenoxy) is 1. The number of nitrogens with zero attached hydrogens (tertiary/aromatic N) is 3. The Balaban J connectivity index is 1.63. The van der Waals surface area contributed by atoms with Gasteiger partial charge >= 0.3 is 5.97 Å². The van der Waals surface area contributed by atoms with E-state index in [0.29, 0.717) is 29.3 Å². The Morgan fingerprint density at radius 1 is 1.19 bits per heavy atom. The molecule has 26 heavy (non-hydrogen) atoms. The molecule has 6 nitrogen and oxygen atoms in total. The van der Waals surface area contributed by atoms with Crippen LogP contribution in [0, 0.1) is 24.2 Å². The second-order valence-electron chi connectivity index (χ2n) is 5.82. The number of benzene rings is 2. The summed E-state index contributed by atoms with van der Waals surface area (Å²) in [6.45, 7) is 1.73. The molecule has 0 saturated heterocycles. The van der Waals surface area contributed by atoms with Gasteiger partial charge in [0, 0.05) is 12.5 Å². The minimum Gasteiger partial charge on any atom is -0.461 e. The Hall–Kier alpha value is -3.46. The Morgan fingerprint density at radius 3 is 2.69 bits per heavy atom. The maximum atomic E-state index is 12.3. The molecule has 3 aromatic rings. The van der Waals surface area contributed by atoms with Crippen molar-refractivity contribution in [1.82, 2.24) is 10.2 Å². The van der Waals surface area contributed by atoms with Gasteiger partial charge in [-0.1, -0.05) is 36.4 Å². The number of aryl methyl sites for hydroxylation is 1. The molecule has 0 radical (unpaired) electrons. The summed E-state index contributed by atoms with van der Waals surface area (Å²) in [6, 6.07) is 18.6. The van der Waals surface area contributed by atoms with Crippen LogP contribution in [0.15, 0.2) is 59.0 Å². The molecule has 0 fully saturated rings. The maximum Gasteiger partial charge on any atom is 0.338 e. The van der Waals surface area contributed by atoms with Gasteiger partial charge in [0.15, 0.2) is 0 Å². The number of aromatic nitrogens is 2. The Kier molecular flexibility index (Phi) is 5.40. The second-order valence-corrected chi connectivity index (χ2v) is 5.82. The SMILES string of the molecule is Cc1nnc(-c2cccc(C(=O)OC[C@H](C#N)Cc3ccccc3)c2)o1. The normalized spacial score (nSPS) is 11.5. The molecular formula is C20H17N3O3. The van der Waals surface area contributed by atoms with Crippen LogP contribution >= 0.6 is 0 Å². The monoisotopic (exact) mass is 347 g/mol. The number of nitriles is 1. The molecule has 6 heteroatoms. The summed E-state index contributed by atoms with van der Waals surface area (Å²) in [7, 11) is 0. The highest BCUT2D eigenvalue weighted by atomic mass is 16.5. The number of carbonyl (C=O) groups is 1. The van der Waals surface area contributed by atoms with Crippen molar-refractivity contribution in [2.75, 3.05) is 6.61 Å². The summed E-state index contributed by atoms with van der Waals surface area (Å²) in [5, 5.41) is 17.0. The fourth-order valence-corrected chi connectivity index (χ4v) is 2.49. The molecule has 1 aromatic heterocycles. The molecule has 0 aliphatic heterocycles. The van der Waals surface area contributed by atoms with E-state index < -0.39 is 11.9 Å². The molecule has 0 aliphatic carbocycles. The fourth-order valence-electron chi connectivity index (χ4n) is 2.49. The third-order valence-corrected chi connectivity index (χ3v) is 3.79. The van der Waals surface area contributed by atoms with Crippen LogP contribution < -0.4 is 0 Å². The van der Waals surface area contributed by atoms with Gasteiger partial charge in [0.25, 0.3) is 0 Å². The van der Waals surface area contributed by atoms with E-state index in [0.717, 1.165) is 5.56 Å². The maximum absolute atomic E-state index is 12.3. The molecule has 0 aliphatic rings. The first-order valence-corrected chi connectivity index (χ1v) is 8.17. The summed E-state index contributed by atoms with van der Waals surface area (Å²) in [5.41, 5.74) is 2.04. The molecule has 1 atom stereocenters. The molecule has 0 N–H and O–H groups in total. The standard InChI is InChI=1S/C20H17N3O3/c1-14-22-23-19(26-14)17-8-5-9-18(11-17)20(24)25-13-16(12-21)10-15-6-3-2-4-7-15/h2-9,11,16H,10,13H2,1H3/t16-/m0/s1. The van der Waals surface area contributed by atoms with Crippen LogP contribution in [-0.2, 0) is 11.2 Å². The van der Waals surface area contributed by atoms with E-state index in [1.165, 1.54) is 0 Å². The molecule has 0 saturated carbocycles. The zero-order valence-corrected chi connectivity index (χ0v) is 14.3. The van der Waals surface area contributed by atoms with Gasteiger partial charge in [0.1, 0.15) is 6.61 Å². The van der Waals surface area contributed by atoms with Crippen LogP contribution in [-0.4, -0.2) is 22.8 Å². The lowest BCUT2D eigenvalue weighted by Crippen LogP contribution is -2.15. The van der Waals surface area contributed by atoms with Crippen molar-refractivity contribution < 1.29 is 13.9 Å². The van der Waals surface area contributed by atoms with Gasteiger partial charge in [0.05, 0.1) is 17.6 Å². The van der Waals surface area contributed by atoms with Gasteiger partial charge in [-0.15, -0.1) is 10.2 Å². The van der Waals surface area contributed by atoms with Crippen molar-refractivity contribution in [1.29, 1.82) is 5.26 Å². The first kappa shape index (κ1) is 17.4. The molecule has 3 rings (SSSR count). The molecule has 0 unspecified atom stereocenters. The van der Waals surface area contributed by atoms with Gasteiger partial charge in [-0.05, 0) is 30.2 Å². The van der Waals surface area contributed by atoms with Crippen molar-refractivity contribution in [3.05, 3.63) is 71.6 Å². The number of carbonyl (C=O) groups excluding carboxylic acids is 1. The lowest BCUT2D eigenvalue weighted by atomic mass is 10.0. The summed E-state index contributed by atoms with van der Waals surface area (Å²) in [6.07, 6.45) is 0.534. The topological polar surface area (TPSA) is 89.0 Å². The van der Waals surface area contributed by atoms with E-state index in [1.807, 2.05) is 30.3 Å². The fraction of sp³-hybridized carbons (Fsp3) is 0.200. The predicted octanol–water partition coefficient (Wildman–Crippen LogP) is 3.58. The second kappa shape index (κ2) is 8.08. The van der Waals surface area contributed by atoms with Gasteiger partial charge in [-0.3, -0.25) is 0 Å². The first-order chi connectivity index (χ1) is 12.7. The molecule has 0 spiro atoms. The number of hydrogen-bond donors (Lipinski definition) is 0. The van der Waals surface area contributed by atoms with Crippen LogP contribution in [0.3, 0.4) is 0 Å². The number of esters is 1. The first-order valence-electron chi connectivity index (χ1n) is 8.17. The number of hydrogen-bond acceptors (Lipinski definition) is 6. The van der Waals surface area contributed by atoms with Gasteiger partial charge < -0.3 is 9.15 Å². The van der Waals surface area contributed by atoms with E-state index in [-0.39, 0.29) is 6.61 Å². The van der Waals surface area contributed by atoms with Crippen molar-refractivity contribution in [3.8, 4) is 17.5 Å². The molecule has 130 valence electrons. The Bertz CT molecular complexity index is 929. The molecular weight excluding hydrogens is 330 g/mol.